The lowest BCUT2D eigenvalue weighted by atomic mass is 10.2. The second kappa shape index (κ2) is 6.70. The van der Waals surface area contributed by atoms with Gasteiger partial charge in [-0.1, -0.05) is 0 Å². The topological polar surface area (TPSA) is 105 Å². The summed E-state index contributed by atoms with van der Waals surface area (Å²) in [5.74, 6) is 1.69. The van der Waals surface area contributed by atoms with E-state index in [0.717, 1.165) is 29.1 Å². The molecule has 1 aliphatic rings. The molecular formula is C20H23N5O3. The molecular weight excluding hydrogens is 358 g/mol. The predicted molar refractivity (Wildman–Crippen MR) is 108 cm³/mol. The van der Waals surface area contributed by atoms with Crippen LogP contribution < -0.4 is 10.1 Å². The van der Waals surface area contributed by atoms with Crippen LogP contribution in [0.15, 0.2) is 18.2 Å². The van der Waals surface area contributed by atoms with Crippen molar-refractivity contribution in [3.05, 3.63) is 29.3 Å². The number of aromatic nitrogens is 3. The molecule has 0 aliphatic heterocycles. The van der Waals surface area contributed by atoms with E-state index >= 15 is 0 Å². The Labute approximate surface area is 162 Å². The molecule has 3 aromatic rings. The number of carbonyl (C=O) groups is 1. The van der Waals surface area contributed by atoms with E-state index in [2.05, 4.69) is 9.88 Å². The van der Waals surface area contributed by atoms with Crippen molar-refractivity contribution in [2.75, 3.05) is 19.5 Å². The summed E-state index contributed by atoms with van der Waals surface area (Å²) in [5.41, 5.74) is 3.13. The van der Waals surface area contributed by atoms with Gasteiger partial charge in [0.25, 0.3) is 0 Å². The Morgan fingerprint density at radius 2 is 2.18 bits per heavy atom. The normalized spacial score (nSPS) is 13.7. The fraction of sp³-hybridized carbons (Fsp3) is 0.350. The molecule has 4 rings (SSSR count). The average Bonchev–Trinajstić information content (AvgIpc) is 3.35. The molecule has 0 atom stereocenters. The van der Waals surface area contributed by atoms with Crippen LogP contribution in [0, 0.1) is 11.3 Å². The number of fused-ring (bicyclic) bond motifs is 1. The number of hydrogen-bond donors (Lipinski definition) is 3. The Morgan fingerprint density at radius 1 is 1.43 bits per heavy atom. The minimum absolute atomic E-state index is 0.137. The van der Waals surface area contributed by atoms with Gasteiger partial charge in [0, 0.05) is 32.4 Å². The number of nitrogens with one attached hydrogen (secondary N) is 2. The minimum Gasteiger partial charge on any atom is -0.494 e. The number of aromatic carboxylic acids is 1. The number of rotatable bonds is 7. The smallest absolute Gasteiger partial charge is 0.335 e. The maximum Gasteiger partial charge on any atom is 0.335 e. The van der Waals surface area contributed by atoms with Crippen LogP contribution in [0.3, 0.4) is 0 Å². The zero-order chi connectivity index (χ0) is 20.0. The summed E-state index contributed by atoms with van der Waals surface area (Å²) in [4.78, 5) is 16.2. The highest BCUT2D eigenvalue weighted by Crippen LogP contribution is 2.38. The summed E-state index contributed by atoms with van der Waals surface area (Å²) in [6.07, 6.45) is 3.75. The van der Waals surface area contributed by atoms with Gasteiger partial charge >= 0.3 is 5.97 Å². The number of aryl methyl sites for hydroxylation is 1. The Morgan fingerprint density at radius 3 is 2.75 bits per heavy atom. The summed E-state index contributed by atoms with van der Waals surface area (Å²) in [6, 6.07) is 5.03. The zero-order valence-electron chi connectivity index (χ0n) is 16.1. The van der Waals surface area contributed by atoms with E-state index in [9.17, 15) is 9.90 Å². The van der Waals surface area contributed by atoms with E-state index in [4.69, 9.17) is 15.1 Å². The lowest BCUT2D eigenvalue weighted by molar-refractivity contribution is 0.0696. The van der Waals surface area contributed by atoms with E-state index in [-0.39, 0.29) is 5.56 Å². The summed E-state index contributed by atoms with van der Waals surface area (Å²) in [7, 11) is 5.27. The summed E-state index contributed by atoms with van der Waals surface area (Å²) >= 11 is 0. The van der Waals surface area contributed by atoms with Gasteiger partial charge in [0.05, 0.1) is 23.9 Å². The maximum atomic E-state index is 11.5. The van der Waals surface area contributed by atoms with E-state index in [0.29, 0.717) is 23.0 Å². The van der Waals surface area contributed by atoms with Crippen LogP contribution in [0.1, 0.15) is 28.8 Å². The molecule has 0 radical (unpaired) electrons. The molecule has 2 heterocycles. The average molecular weight is 381 g/mol. The molecule has 1 aliphatic carbocycles. The Balaban J connectivity index is 1.96. The van der Waals surface area contributed by atoms with Gasteiger partial charge in [0.2, 0.25) is 0 Å². The van der Waals surface area contributed by atoms with Crippen LogP contribution in [-0.2, 0) is 13.6 Å². The van der Waals surface area contributed by atoms with E-state index in [1.807, 2.05) is 24.7 Å². The minimum atomic E-state index is -1.02. The van der Waals surface area contributed by atoms with Gasteiger partial charge in [-0.15, -0.1) is 0 Å². The second-order valence-electron chi connectivity index (χ2n) is 7.13. The molecule has 1 saturated carbocycles. The largest absolute Gasteiger partial charge is 0.494 e. The SMILES string of the molecule is CNc1c(C=N)cc(-c2nc3cc(C(=O)O)cc(OC)c3n2C)n1CC1CC1. The van der Waals surface area contributed by atoms with Crippen LogP contribution in [0.2, 0.25) is 0 Å². The molecule has 0 saturated heterocycles. The molecule has 146 valence electrons. The van der Waals surface area contributed by atoms with Crippen molar-refractivity contribution < 1.29 is 14.6 Å². The van der Waals surface area contributed by atoms with Crippen molar-refractivity contribution >= 4 is 29.0 Å². The maximum absolute atomic E-state index is 11.5. The number of benzene rings is 1. The molecule has 0 bridgehead atoms. The first kappa shape index (κ1) is 18.1. The number of carboxylic acid groups (broad SMARTS) is 1. The highest BCUT2D eigenvalue weighted by Gasteiger charge is 2.27. The van der Waals surface area contributed by atoms with Gasteiger partial charge in [-0.05, 0) is 37.0 Å². The fourth-order valence-electron chi connectivity index (χ4n) is 3.71. The van der Waals surface area contributed by atoms with Gasteiger partial charge in [-0.2, -0.15) is 0 Å². The number of carboxylic acids is 1. The molecule has 8 heteroatoms. The fourth-order valence-corrected chi connectivity index (χ4v) is 3.71. The van der Waals surface area contributed by atoms with Gasteiger partial charge in [0.1, 0.15) is 17.1 Å². The summed E-state index contributed by atoms with van der Waals surface area (Å²) in [6.45, 7) is 0.861. The molecule has 28 heavy (non-hydrogen) atoms. The first-order valence-corrected chi connectivity index (χ1v) is 9.18. The van der Waals surface area contributed by atoms with Crippen molar-refractivity contribution in [2.45, 2.75) is 19.4 Å². The first-order chi connectivity index (χ1) is 13.5. The summed E-state index contributed by atoms with van der Waals surface area (Å²) in [5, 5.41) is 20.4. The highest BCUT2D eigenvalue weighted by atomic mass is 16.5. The molecule has 3 N–H and O–H groups in total. The number of nitrogens with zero attached hydrogens (tertiary/aromatic N) is 3. The molecule has 0 unspecified atom stereocenters. The third kappa shape index (κ3) is 2.81. The quantitative estimate of drug-likeness (QED) is 0.545. The number of imidazole rings is 1. The standard InChI is InChI=1S/C20H23N5O3/c1-22-18-13(9-21)7-15(25(18)10-11-4-5-11)19-23-14-6-12(20(26)27)8-16(28-3)17(14)24(19)2/h6-9,11,21-22H,4-5,10H2,1-3H3,(H,26,27). The van der Waals surface area contributed by atoms with Crippen molar-refractivity contribution in [3.63, 3.8) is 0 Å². The number of methoxy groups -OCH3 is 1. The highest BCUT2D eigenvalue weighted by molar-refractivity contribution is 5.96. The van der Waals surface area contributed by atoms with Crippen LogP contribution in [0.25, 0.3) is 22.6 Å². The molecule has 2 aromatic heterocycles. The Hall–Kier alpha value is -3.29. The Bertz CT molecular complexity index is 1090. The number of anilines is 1. The lowest BCUT2D eigenvalue weighted by Gasteiger charge is -2.13. The third-order valence-corrected chi connectivity index (χ3v) is 5.29. The molecule has 0 spiro atoms. The van der Waals surface area contributed by atoms with E-state index in [1.165, 1.54) is 32.2 Å². The number of ether oxygens (including phenoxy) is 1. The van der Waals surface area contributed by atoms with E-state index < -0.39 is 5.97 Å². The van der Waals surface area contributed by atoms with Crippen LogP contribution in [-0.4, -0.2) is 45.6 Å². The van der Waals surface area contributed by atoms with Crippen LogP contribution in [0.4, 0.5) is 5.82 Å². The zero-order valence-corrected chi connectivity index (χ0v) is 16.1. The van der Waals surface area contributed by atoms with Crippen LogP contribution >= 0.6 is 0 Å². The molecule has 0 amide bonds. The summed E-state index contributed by atoms with van der Waals surface area (Å²) < 4.78 is 9.54. The van der Waals surface area contributed by atoms with Gasteiger partial charge in [0.15, 0.2) is 5.82 Å². The molecule has 1 aromatic carbocycles. The number of hydrogen-bond acceptors (Lipinski definition) is 5. The second-order valence-corrected chi connectivity index (χ2v) is 7.13. The van der Waals surface area contributed by atoms with Gasteiger partial charge < -0.3 is 29.7 Å². The van der Waals surface area contributed by atoms with E-state index in [1.54, 1.807) is 6.07 Å². The Kier molecular flexibility index (Phi) is 4.33. The third-order valence-electron chi connectivity index (χ3n) is 5.29. The van der Waals surface area contributed by atoms with Crippen molar-refractivity contribution in [2.24, 2.45) is 13.0 Å². The van der Waals surface area contributed by atoms with Crippen molar-refractivity contribution in [1.29, 1.82) is 5.41 Å². The van der Waals surface area contributed by atoms with Crippen LogP contribution in [0.5, 0.6) is 5.75 Å². The lowest BCUT2D eigenvalue weighted by Crippen LogP contribution is -2.08. The van der Waals surface area contributed by atoms with Gasteiger partial charge in [-0.25, -0.2) is 9.78 Å². The molecule has 8 nitrogen and oxygen atoms in total. The predicted octanol–water partition coefficient (Wildman–Crippen LogP) is 3.20. The molecule has 1 fully saturated rings. The monoisotopic (exact) mass is 381 g/mol. The van der Waals surface area contributed by atoms with Crippen molar-refractivity contribution in [3.8, 4) is 17.3 Å². The first-order valence-electron chi connectivity index (χ1n) is 9.18. The van der Waals surface area contributed by atoms with Gasteiger partial charge in [-0.3, -0.25) is 0 Å². The van der Waals surface area contributed by atoms with Crippen molar-refractivity contribution in [1.82, 2.24) is 14.1 Å².